The Balaban J connectivity index is 2.26. The van der Waals surface area contributed by atoms with Crippen LogP contribution in [0.2, 0.25) is 0 Å². The maximum atomic E-state index is 5.46. The molecule has 0 bridgehead atoms. The summed E-state index contributed by atoms with van der Waals surface area (Å²) in [6.45, 7) is 1.96. The zero-order valence-electron chi connectivity index (χ0n) is 12.6. The molecule has 1 aromatic carbocycles. The number of aliphatic imine (C=N–C) groups is 1. The van der Waals surface area contributed by atoms with E-state index in [0.717, 1.165) is 28.5 Å². The van der Waals surface area contributed by atoms with E-state index in [1.165, 1.54) is 0 Å². The van der Waals surface area contributed by atoms with Crippen LogP contribution in [0.25, 0.3) is 16.9 Å². The molecule has 0 N–H and O–H groups in total. The number of hydrogen-bond donors (Lipinski definition) is 0. The van der Waals surface area contributed by atoms with Crippen molar-refractivity contribution in [3.8, 4) is 17.0 Å². The third kappa shape index (κ3) is 2.51. The summed E-state index contributed by atoms with van der Waals surface area (Å²) in [4.78, 5) is 9.28. The molecule has 2 heterocycles. The van der Waals surface area contributed by atoms with Crippen molar-refractivity contribution in [2.45, 2.75) is 6.92 Å². The number of ether oxygens (including phenoxy) is 1. The molecule has 2 aromatic heterocycles. The van der Waals surface area contributed by atoms with Crippen molar-refractivity contribution in [3.05, 3.63) is 60.8 Å². The van der Waals surface area contributed by atoms with E-state index in [2.05, 4.69) is 4.99 Å². The number of fused-ring (bicyclic) bond motifs is 1. The van der Waals surface area contributed by atoms with E-state index in [1.807, 2.05) is 72.1 Å². The second kappa shape index (κ2) is 6.26. The topological polar surface area (TPSA) is 38.9 Å². The molecule has 22 heavy (non-hydrogen) atoms. The summed E-state index contributed by atoms with van der Waals surface area (Å²) in [5.41, 5.74) is 2.60. The van der Waals surface area contributed by atoms with Gasteiger partial charge in [0.05, 0.1) is 7.11 Å². The minimum absolute atomic E-state index is 0.786. The number of para-hydroxylation sites is 1. The third-order valence-electron chi connectivity index (χ3n) is 3.34. The number of aromatic nitrogens is 2. The van der Waals surface area contributed by atoms with Crippen LogP contribution in [0.15, 0.2) is 65.8 Å². The largest absolute Gasteiger partial charge is 0.496 e. The van der Waals surface area contributed by atoms with E-state index in [-0.39, 0.29) is 0 Å². The number of hydrogen-bond acceptors (Lipinski definition) is 3. The molecule has 0 saturated heterocycles. The molecular formula is C18H17N3O. The van der Waals surface area contributed by atoms with E-state index in [0.29, 0.717) is 0 Å². The molecule has 0 fully saturated rings. The fourth-order valence-corrected chi connectivity index (χ4v) is 2.33. The number of nitrogens with zero attached hydrogens (tertiary/aromatic N) is 3. The molecule has 0 amide bonds. The molecule has 4 nitrogen and oxygen atoms in total. The summed E-state index contributed by atoms with van der Waals surface area (Å²) in [5, 5.41) is 0. The molecule has 3 aromatic rings. The van der Waals surface area contributed by atoms with Crippen molar-refractivity contribution < 1.29 is 4.74 Å². The Morgan fingerprint density at radius 2 is 1.95 bits per heavy atom. The molecule has 0 aliphatic heterocycles. The monoisotopic (exact) mass is 291 g/mol. The van der Waals surface area contributed by atoms with Crippen molar-refractivity contribution in [1.29, 1.82) is 0 Å². The molecule has 0 spiro atoms. The Labute approximate surface area is 129 Å². The van der Waals surface area contributed by atoms with Crippen LogP contribution < -0.4 is 4.74 Å². The van der Waals surface area contributed by atoms with Crippen LogP contribution in [0.5, 0.6) is 5.75 Å². The highest BCUT2D eigenvalue weighted by Gasteiger charge is 2.16. The van der Waals surface area contributed by atoms with E-state index in [1.54, 1.807) is 13.3 Å². The van der Waals surface area contributed by atoms with Gasteiger partial charge >= 0.3 is 0 Å². The lowest BCUT2D eigenvalue weighted by Gasteiger charge is -2.06. The number of allylic oxidation sites excluding steroid dienone is 2. The highest BCUT2D eigenvalue weighted by molar-refractivity contribution is 5.83. The molecule has 110 valence electrons. The number of benzene rings is 1. The lowest BCUT2D eigenvalue weighted by Crippen LogP contribution is -1.88. The van der Waals surface area contributed by atoms with Crippen LogP contribution >= 0.6 is 0 Å². The predicted molar refractivity (Wildman–Crippen MR) is 90.1 cm³/mol. The fourth-order valence-electron chi connectivity index (χ4n) is 2.33. The molecule has 0 atom stereocenters. The summed E-state index contributed by atoms with van der Waals surface area (Å²) in [7, 11) is 1.66. The minimum Gasteiger partial charge on any atom is -0.496 e. The lowest BCUT2D eigenvalue weighted by molar-refractivity contribution is 0.416. The number of imidazole rings is 1. The van der Waals surface area contributed by atoms with Crippen molar-refractivity contribution in [3.63, 3.8) is 0 Å². The number of methoxy groups -OCH3 is 1. The van der Waals surface area contributed by atoms with Gasteiger partial charge < -0.3 is 4.74 Å². The Morgan fingerprint density at radius 3 is 2.77 bits per heavy atom. The first-order valence-corrected chi connectivity index (χ1v) is 7.11. The standard InChI is InChI=1S/C18H17N3O/c1-3-4-12-19-18-17(14-9-5-6-10-15(14)22-2)20-16-11-7-8-13-21(16)18/h3-13H,1-2H3/b4-3-,19-12+. The van der Waals surface area contributed by atoms with E-state index in [4.69, 9.17) is 9.72 Å². The van der Waals surface area contributed by atoms with Gasteiger partial charge in [-0.15, -0.1) is 0 Å². The molecule has 0 aliphatic carbocycles. The van der Waals surface area contributed by atoms with Gasteiger partial charge in [0.15, 0.2) is 5.82 Å². The van der Waals surface area contributed by atoms with E-state index < -0.39 is 0 Å². The molecule has 4 heteroatoms. The van der Waals surface area contributed by atoms with Gasteiger partial charge in [0.2, 0.25) is 0 Å². The molecule has 3 rings (SSSR count). The van der Waals surface area contributed by atoms with Crippen molar-refractivity contribution in [2.24, 2.45) is 4.99 Å². The van der Waals surface area contributed by atoms with Crippen LogP contribution in [-0.2, 0) is 0 Å². The lowest BCUT2D eigenvalue weighted by atomic mass is 10.1. The zero-order chi connectivity index (χ0) is 15.4. The zero-order valence-corrected chi connectivity index (χ0v) is 12.6. The Hall–Kier alpha value is -2.88. The smallest absolute Gasteiger partial charge is 0.165 e. The minimum atomic E-state index is 0.786. The van der Waals surface area contributed by atoms with Crippen LogP contribution in [0.1, 0.15) is 6.92 Å². The first-order chi connectivity index (χ1) is 10.8. The molecule has 0 aliphatic rings. The Morgan fingerprint density at radius 1 is 1.14 bits per heavy atom. The quantitative estimate of drug-likeness (QED) is 0.673. The third-order valence-corrected chi connectivity index (χ3v) is 3.34. The average molecular weight is 291 g/mol. The highest BCUT2D eigenvalue weighted by Crippen LogP contribution is 2.36. The van der Waals surface area contributed by atoms with Crippen LogP contribution in [0, 0.1) is 0 Å². The van der Waals surface area contributed by atoms with Crippen molar-refractivity contribution in [1.82, 2.24) is 9.38 Å². The normalized spacial score (nSPS) is 11.7. The predicted octanol–water partition coefficient (Wildman–Crippen LogP) is 4.29. The first-order valence-electron chi connectivity index (χ1n) is 7.11. The van der Waals surface area contributed by atoms with Crippen molar-refractivity contribution in [2.75, 3.05) is 7.11 Å². The maximum absolute atomic E-state index is 5.46. The summed E-state index contributed by atoms with van der Waals surface area (Å²) < 4.78 is 7.44. The molecular weight excluding hydrogens is 274 g/mol. The van der Waals surface area contributed by atoms with Gasteiger partial charge in [0, 0.05) is 18.0 Å². The van der Waals surface area contributed by atoms with Crippen LogP contribution in [0.4, 0.5) is 5.82 Å². The van der Waals surface area contributed by atoms with Gasteiger partial charge in [-0.2, -0.15) is 0 Å². The summed E-state index contributed by atoms with van der Waals surface area (Å²) in [5.74, 6) is 1.58. The fraction of sp³-hybridized carbons (Fsp3) is 0.111. The second-order valence-corrected chi connectivity index (χ2v) is 4.72. The highest BCUT2D eigenvalue weighted by atomic mass is 16.5. The molecule has 0 radical (unpaired) electrons. The first kappa shape index (κ1) is 14.1. The summed E-state index contributed by atoms with van der Waals surface area (Å²) in [6.07, 6.45) is 7.57. The van der Waals surface area contributed by atoms with E-state index in [9.17, 15) is 0 Å². The van der Waals surface area contributed by atoms with Crippen LogP contribution in [0.3, 0.4) is 0 Å². The van der Waals surface area contributed by atoms with Crippen LogP contribution in [-0.4, -0.2) is 22.7 Å². The van der Waals surface area contributed by atoms with E-state index >= 15 is 0 Å². The van der Waals surface area contributed by atoms with Gasteiger partial charge in [0.25, 0.3) is 0 Å². The van der Waals surface area contributed by atoms with Gasteiger partial charge in [-0.05, 0) is 37.3 Å². The average Bonchev–Trinajstić information content (AvgIpc) is 2.94. The summed E-state index contributed by atoms with van der Waals surface area (Å²) >= 11 is 0. The second-order valence-electron chi connectivity index (χ2n) is 4.72. The molecule has 0 saturated carbocycles. The molecule has 0 unspecified atom stereocenters. The Kier molecular flexibility index (Phi) is 4.01. The number of rotatable bonds is 4. The SMILES string of the molecule is C/C=C\C=N\c1c(-c2ccccc2OC)nc2ccccn12. The van der Waals surface area contributed by atoms with Crippen molar-refractivity contribution >= 4 is 17.7 Å². The Bertz CT molecular complexity index is 846. The maximum Gasteiger partial charge on any atom is 0.165 e. The summed E-state index contributed by atoms with van der Waals surface area (Å²) in [6, 6.07) is 13.7. The van der Waals surface area contributed by atoms with Gasteiger partial charge in [-0.25, -0.2) is 9.98 Å². The van der Waals surface area contributed by atoms with Gasteiger partial charge in [0.1, 0.15) is 17.1 Å². The number of pyridine rings is 1. The van der Waals surface area contributed by atoms with Gasteiger partial charge in [-0.3, -0.25) is 4.40 Å². The van der Waals surface area contributed by atoms with Gasteiger partial charge in [-0.1, -0.05) is 24.3 Å².